The Morgan fingerprint density at radius 1 is 1.02 bits per heavy atom. The molecule has 1 amide bonds. The molecule has 1 aliphatic heterocycles. The minimum Gasteiger partial charge on any atom is -0.313 e. The van der Waals surface area contributed by atoms with E-state index in [1.54, 1.807) is 46.9 Å². The summed E-state index contributed by atoms with van der Waals surface area (Å²) in [5.41, 5.74) is 4.01. The van der Waals surface area contributed by atoms with Gasteiger partial charge in [-0.3, -0.25) is 14.4 Å². The number of amides is 1. The molecule has 3 aromatic carbocycles. The average molecular weight is 623 g/mol. The number of rotatable bonds is 8. The van der Waals surface area contributed by atoms with E-state index < -0.39 is 10.0 Å². The van der Waals surface area contributed by atoms with Crippen molar-refractivity contribution in [3.63, 3.8) is 0 Å². The summed E-state index contributed by atoms with van der Waals surface area (Å²) in [6.45, 7) is 5.08. The number of hydrogen-bond donors (Lipinski definition) is 2. The Balaban J connectivity index is 1.26. The Kier molecular flexibility index (Phi) is 7.84. The molecule has 11 heteroatoms. The Morgan fingerprint density at radius 3 is 2.51 bits per heavy atom. The maximum atomic E-state index is 13.4. The largest absolute Gasteiger partial charge is 0.313 e. The van der Waals surface area contributed by atoms with Gasteiger partial charge in [-0.1, -0.05) is 30.7 Å². The number of thiazole rings is 1. The quantitative estimate of drug-likeness (QED) is 0.187. The molecule has 5 aromatic rings. The molecule has 0 fully saturated rings. The number of para-hydroxylation sites is 1. The lowest BCUT2D eigenvalue weighted by Gasteiger charge is -2.26. The second kappa shape index (κ2) is 11.5. The number of carbonyl (C=O) groups is 1. The molecule has 0 spiro atoms. The Labute approximate surface area is 251 Å². The van der Waals surface area contributed by atoms with Crippen LogP contribution in [0.25, 0.3) is 20.8 Å². The molecule has 0 saturated heterocycles. The highest BCUT2D eigenvalue weighted by atomic mass is 35.5. The van der Waals surface area contributed by atoms with Gasteiger partial charge in [0.15, 0.2) is 0 Å². The first kappa shape index (κ1) is 27.9. The van der Waals surface area contributed by atoms with E-state index in [9.17, 15) is 13.2 Å². The maximum absolute atomic E-state index is 13.4. The molecule has 6 rings (SSSR count). The molecular weight excluding hydrogens is 596 g/mol. The molecule has 0 atom stereocenters. The van der Waals surface area contributed by atoms with Crippen molar-refractivity contribution in [1.82, 2.24) is 9.88 Å². The van der Waals surface area contributed by atoms with Crippen LogP contribution in [0.4, 0.5) is 10.7 Å². The van der Waals surface area contributed by atoms with Crippen molar-refractivity contribution >= 4 is 71.1 Å². The number of nitrogens with one attached hydrogen (secondary N) is 2. The Morgan fingerprint density at radius 2 is 1.78 bits per heavy atom. The number of benzene rings is 3. The van der Waals surface area contributed by atoms with Crippen LogP contribution < -0.4 is 10.0 Å². The topological polar surface area (TPSA) is 91.4 Å². The van der Waals surface area contributed by atoms with Gasteiger partial charge in [-0.2, -0.15) is 0 Å². The van der Waals surface area contributed by atoms with Crippen molar-refractivity contribution in [2.24, 2.45) is 0 Å². The first-order valence-electron chi connectivity index (χ1n) is 13.2. The van der Waals surface area contributed by atoms with Crippen LogP contribution in [0.2, 0.25) is 5.02 Å². The number of carbonyl (C=O) groups excluding carboxylic acids is 1. The van der Waals surface area contributed by atoms with Crippen LogP contribution >= 0.6 is 34.3 Å². The second-order valence-electron chi connectivity index (χ2n) is 9.81. The van der Waals surface area contributed by atoms with Gasteiger partial charge >= 0.3 is 0 Å². The number of halogens is 1. The fourth-order valence-electron chi connectivity index (χ4n) is 4.95. The van der Waals surface area contributed by atoms with Crippen LogP contribution in [0.1, 0.15) is 34.1 Å². The van der Waals surface area contributed by atoms with E-state index in [1.807, 2.05) is 18.2 Å². The van der Waals surface area contributed by atoms with E-state index in [2.05, 4.69) is 27.9 Å². The van der Waals surface area contributed by atoms with Crippen molar-refractivity contribution in [2.45, 2.75) is 31.2 Å². The molecule has 0 bridgehead atoms. The number of sulfonamides is 1. The molecular formula is C30H27ClN4O3S3. The fourth-order valence-corrected chi connectivity index (χ4v) is 8.53. The zero-order chi connectivity index (χ0) is 28.6. The summed E-state index contributed by atoms with van der Waals surface area (Å²) in [7, 11) is -3.79. The number of thiophene rings is 1. The fraction of sp³-hybridized carbons (Fsp3) is 0.200. The summed E-state index contributed by atoms with van der Waals surface area (Å²) in [5.74, 6) is -0.261. The molecule has 210 valence electrons. The smallest absolute Gasteiger partial charge is 0.261 e. The maximum Gasteiger partial charge on any atom is 0.261 e. The summed E-state index contributed by atoms with van der Waals surface area (Å²) < 4.78 is 29.1. The van der Waals surface area contributed by atoms with Crippen LogP contribution in [0.15, 0.2) is 77.7 Å². The molecule has 3 heterocycles. The molecule has 1 aliphatic rings. The van der Waals surface area contributed by atoms with Gasteiger partial charge in [0.25, 0.3) is 15.9 Å². The highest BCUT2D eigenvalue weighted by Crippen LogP contribution is 2.45. The van der Waals surface area contributed by atoms with Crippen molar-refractivity contribution in [1.29, 1.82) is 0 Å². The van der Waals surface area contributed by atoms with E-state index >= 15 is 0 Å². The van der Waals surface area contributed by atoms with Gasteiger partial charge in [0.05, 0.1) is 15.1 Å². The minimum absolute atomic E-state index is 0.102. The normalized spacial score (nSPS) is 13.7. The van der Waals surface area contributed by atoms with Gasteiger partial charge in [0.1, 0.15) is 10.0 Å². The number of fused-ring (bicyclic) bond motifs is 2. The van der Waals surface area contributed by atoms with Crippen molar-refractivity contribution in [2.75, 3.05) is 23.1 Å². The van der Waals surface area contributed by atoms with Gasteiger partial charge in [-0.15, -0.1) is 22.7 Å². The highest BCUT2D eigenvalue weighted by Gasteiger charge is 2.28. The Bertz CT molecular complexity index is 1800. The summed E-state index contributed by atoms with van der Waals surface area (Å²) in [5, 5.41) is 5.31. The SMILES string of the molecule is CCCN1CCc2c(sc(NC(=O)c3ccc(NS(=O)(=O)c4ccc(Cl)cc4)cc3)c2-c2nc3ccccc3s2)C1. The first-order valence-corrected chi connectivity index (χ1v) is 16.7. The standard InChI is InChI=1S/C30H27ClN4O3S3/c1-2-16-35-17-15-23-26(18-35)40-30(27(23)29-32-24-5-3-4-6-25(24)39-29)33-28(36)19-7-11-21(12-8-19)34-41(37,38)22-13-9-20(31)10-14-22/h3-14,34H,2,15-18H2,1H3,(H,33,36). The first-order chi connectivity index (χ1) is 19.8. The lowest BCUT2D eigenvalue weighted by molar-refractivity contribution is 0.102. The van der Waals surface area contributed by atoms with Gasteiger partial charge < -0.3 is 5.32 Å². The van der Waals surface area contributed by atoms with Crippen molar-refractivity contribution in [3.8, 4) is 10.6 Å². The number of aromatic nitrogens is 1. The summed E-state index contributed by atoms with van der Waals surface area (Å²) in [4.78, 5) is 22.2. The molecule has 2 N–H and O–H groups in total. The minimum atomic E-state index is -3.79. The third-order valence-corrected chi connectivity index (χ3v) is 10.8. The molecule has 2 aromatic heterocycles. The Hall–Kier alpha value is -3.28. The molecule has 0 unspecified atom stereocenters. The molecule has 7 nitrogen and oxygen atoms in total. The summed E-state index contributed by atoms with van der Waals surface area (Å²) in [6, 6.07) is 20.4. The van der Waals surface area contributed by atoms with Crippen LogP contribution in [0.5, 0.6) is 0 Å². The summed E-state index contributed by atoms with van der Waals surface area (Å²) in [6.07, 6.45) is 2.01. The molecule has 41 heavy (non-hydrogen) atoms. The second-order valence-corrected chi connectivity index (χ2v) is 14.1. The van der Waals surface area contributed by atoms with E-state index in [1.165, 1.54) is 34.7 Å². The average Bonchev–Trinajstić information content (AvgIpc) is 3.54. The zero-order valence-electron chi connectivity index (χ0n) is 22.2. The van der Waals surface area contributed by atoms with Crippen LogP contribution in [0, 0.1) is 0 Å². The number of nitrogens with zero attached hydrogens (tertiary/aromatic N) is 2. The van der Waals surface area contributed by atoms with Gasteiger partial charge in [-0.25, -0.2) is 13.4 Å². The molecule has 0 saturated carbocycles. The zero-order valence-corrected chi connectivity index (χ0v) is 25.4. The predicted octanol–water partition coefficient (Wildman–Crippen LogP) is 7.50. The van der Waals surface area contributed by atoms with Crippen LogP contribution in [-0.2, 0) is 23.0 Å². The predicted molar refractivity (Wildman–Crippen MR) is 169 cm³/mol. The third kappa shape index (κ3) is 5.89. The van der Waals surface area contributed by atoms with Crippen LogP contribution in [-0.4, -0.2) is 37.3 Å². The van der Waals surface area contributed by atoms with Gasteiger partial charge in [0.2, 0.25) is 0 Å². The van der Waals surface area contributed by atoms with Crippen molar-refractivity contribution < 1.29 is 13.2 Å². The van der Waals surface area contributed by atoms with Gasteiger partial charge in [0, 0.05) is 39.8 Å². The van der Waals surface area contributed by atoms with Crippen LogP contribution in [0.3, 0.4) is 0 Å². The van der Waals surface area contributed by atoms with E-state index in [0.717, 1.165) is 58.3 Å². The number of anilines is 2. The lowest BCUT2D eigenvalue weighted by Crippen LogP contribution is -2.30. The highest BCUT2D eigenvalue weighted by molar-refractivity contribution is 7.92. The summed E-state index contributed by atoms with van der Waals surface area (Å²) >= 11 is 9.14. The molecule has 0 aliphatic carbocycles. The van der Waals surface area contributed by atoms with E-state index in [-0.39, 0.29) is 10.8 Å². The monoisotopic (exact) mass is 622 g/mol. The third-order valence-electron chi connectivity index (χ3n) is 6.93. The lowest BCUT2D eigenvalue weighted by atomic mass is 10.0. The van der Waals surface area contributed by atoms with Crippen molar-refractivity contribution in [3.05, 3.63) is 93.8 Å². The van der Waals surface area contributed by atoms with Gasteiger partial charge in [-0.05, 0) is 85.6 Å². The van der Waals surface area contributed by atoms with E-state index in [4.69, 9.17) is 16.6 Å². The van der Waals surface area contributed by atoms with E-state index in [0.29, 0.717) is 16.3 Å². The molecule has 0 radical (unpaired) electrons. The number of hydrogen-bond acceptors (Lipinski definition) is 7.